The van der Waals surface area contributed by atoms with Crippen LogP contribution in [0, 0.1) is 25.6 Å². The van der Waals surface area contributed by atoms with Crippen molar-refractivity contribution >= 4 is 11.4 Å². The minimum atomic E-state index is 0. The molecule has 3 aromatic carbocycles. The smallest absolute Gasteiger partial charge is 0.0870 e. The molecule has 2 aliphatic heterocycles. The summed E-state index contributed by atoms with van der Waals surface area (Å²) in [5.41, 5.74) is 12.6. The average Bonchev–Trinajstić information content (AvgIpc) is 3.24. The molecule has 0 atom stereocenters. The third kappa shape index (κ3) is 3.93. The summed E-state index contributed by atoms with van der Waals surface area (Å²) in [6, 6.07) is 21.7. The van der Waals surface area contributed by atoms with Gasteiger partial charge in [-0.25, -0.2) is 0 Å². The van der Waals surface area contributed by atoms with E-state index in [0.29, 0.717) is 17.8 Å². The second-order valence-corrected chi connectivity index (χ2v) is 10.3. The minimum Gasteiger partial charge on any atom is -0.643 e. The number of hydrogen-bond donors (Lipinski definition) is 0. The fourth-order valence-corrected chi connectivity index (χ4v) is 5.19. The first kappa shape index (κ1) is 24.8. The van der Waals surface area contributed by atoms with Gasteiger partial charge in [-0.3, -0.25) is 0 Å². The van der Waals surface area contributed by atoms with Crippen molar-refractivity contribution in [2.75, 3.05) is 4.90 Å². The number of rotatable bonds is 4. The maximum absolute atomic E-state index is 6.08. The molecule has 2 nitrogen and oxygen atoms in total. The summed E-state index contributed by atoms with van der Waals surface area (Å²) in [6.07, 6.45) is 0. The van der Waals surface area contributed by atoms with Crippen molar-refractivity contribution in [1.29, 1.82) is 0 Å². The summed E-state index contributed by atoms with van der Waals surface area (Å²) in [6.45, 7) is 17.5. The van der Waals surface area contributed by atoms with E-state index < -0.39 is 0 Å². The molecule has 0 N–H and O–H groups in total. The van der Waals surface area contributed by atoms with Gasteiger partial charge in [-0.1, -0.05) is 103 Å². The van der Waals surface area contributed by atoms with E-state index in [0.717, 1.165) is 17.1 Å². The van der Waals surface area contributed by atoms with Crippen LogP contribution < -0.4 is 4.90 Å². The van der Waals surface area contributed by atoms with Gasteiger partial charge in [-0.15, -0.1) is 5.56 Å². The van der Waals surface area contributed by atoms with Crippen LogP contribution in [0.5, 0.6) is 0 Å². The molecular weight excluding hydrogens is 595 g/mol. The van der Waals surface area contributed by atoms with Crippen molar-refractivity contribution in [2.24, 2.45) is 5.92 Å². The molecule has 0 bridgehead atoms. The normalized spacial score (nSPS) is 14.2. The average molecular weight is 628 g/mol. The van der Waals surface area contributed by atoms with E-state index in [1.54, 1.807) is 0 Å². The summed E-state index contributed by atoms with van der Waals surface area (Å²) in [4.78, 5) is 2.17. The largest absolute Gasteiger partial charge is 0.643 e. The zero-order chi connectivity index (χ0) is 23.4. The van der Waals surface area contributed by atoms with Crippen LogP contribution in [0.2, 0.25) is 0 Å². The Morgan fingerprint density at radius 1 is 0.824 bits per heavy atom. The Morgan fingerprint density at radius 2 is 1.50 bits per heavy atom. The molecule has 2 heterocycles. The van der Waals surface area contributed by atoms with Crippen molar-refractivity contribution in [1.82, 2.24) is 0 Å². The van der Waals surface area contributed by atoms with Crippen molar-refractivity contribution in [3.8, 4) is 22.3 Å². The van der Waals surface area contributed by atoms with Crippen LogP contribution in [0.4, 0.5) is 5.69 Å². The molecule has 179 valence electrons. The molecule has 3 aromatic rings. The van der Waals surface area contributed by atoms with Gasteiger partial charge in [-0.05, 0) is 39.7 Å². The Bertz CT molecular complexity index is 1240. The molecule has 0 unspecified atom stereocenters. The van der Waals surface area contributed by atoms with Crippen LogP contribution in [0.15, 0.2) is 54.3 Å². The van der Waals surface area contributed by atoms with Gasteiger partial charge >= 0.3 is 0 Å². The maximum Gasteiger partial charge on any atom is 0.0870 e. The number of allylic oxidation sites excluding steroid dienone is 1. The number of fused-ring (bicyclic) bond motifs is 6. The second kappa shape index (κ2) is 9.36. The number of aryl methyl sites for hydroxylation is 1. The van der Waals surface area contributed by atoms with Crippen LogP contribution >= 0.6 is 0 Å². The molecule has 2 aliphatic rings. The maximum atomic E-state index is 6.08. The third-order valence-corrected chi connectivity index (χ3v) is 6.81. The Kier molecular flexibility index (Phi) is 6.82. The molecule has 0 saturated heterocycles. The zero-order valence-corrected chi connectivity index (χ0v) is 23.5. The number of anilines is 1. The fraction of sp³-hybridized carbons (Fsp3) is 0.323. The van der Waals surface area contributed by atoms with E-state index >= 15 is 0 Å². The predicted molar refractivity (Wildman–Crippen MR) is 139 cm³/mol. The number of nitrogens with zero attached hydrogens (tertiary/aromatic N) is 1. The molecule has 5 rings (SSSR count). The van der Waals surface area contributed by atoms with E-state index in [4.69, 9.17) is 4.74 Å². The van der Waals surface area contributed by atoms with Crippen molar-refractivity contribution in [3.63, 3.8) is 0 Å². The number of benzene rings is 3. The Balaban J connectivity index is 0.00000274. The minimum absolute atomic E-state index is 0. The molecule has 0 spiro atoms. The van der Waals surface area contributed by atoms with Gasteiger partial charge in [0.05, 0.1) is 11.5 Å². The molecule has 0 aromatic heterocycles. The van der Waals surface area contributed by atoms with Gasteiger partial charge in [0.2, 0.25) is 0 Å². The Hall–Kier alpha value is -2.35. The predicted octanol–water partition coefficient (Wildman–Crippen LogP) is 8.67. The van der Waals surface area contributed by atoms with Crippen LogP contribution in [0.25, 0.3) is 28.0 Å². The zero-order valence-electron chi connectivity index (χ0n) is 21.1. The molecular formula is C31H33IrNO-2. The third-order valence-electron chi connectivity index (χ3n) is 6.81. The van der Waals surface area contributed by atoms with Gasteiger partial charge in [0.25, 0.3) is 0 Å². The van der Waals surface area contributed by atoms with E-state index in [2.05, 4.69) is 108 Å². The summed E-state index contributed by atoms with van der Waals surface area (Å²) < 4.78 is 6.08. The van der Waals surface area contributed by atoms with E-state index in [-0.39, 0.29) is 20.1 Å². The SMILES string of the molecule is Cc1c[c-]c2c(c1)-c1cc(-c3c(C(C)C)cccc3C(C)C)ccc1C1=C(C(C)C)O[CH-]N12.[Ir]. The Labute approximate surface area is 218 Å². The van der Waals surface area contributed by atoms with Crippen LogP contribution in [0.1, 0.15) is 75.6 Å². The standard InChI is InChI=1S/C31H33NO.Ir/c1-18(2)23-9-8-10-24(19(3)4)29(23)22-12-13-25-26(16-22)27-15-21(7)11-14-28(27)32-17-33-31(20(5)6)30(25)32;/h8-13,15-20H,1-7H3;/q-2;. The van der Waals surface area contributed by atoms with E-state index in [1.807, 2.05) is 6.73 Å². The topological polar surface area (TPSA) is 12.5 Å². The van der Waals surface area contributed by atoms with Crippen LogP contribution in [-0.2, 0) is 24.8 Å². The summed E-state index contributed by atoms with van der Waals surface area (Å²) in [5.74, 6) is 2.24. The first-order chi connectivity index (χ1) is 15.8. The molecule has 34 heavy (non-hydrogen) atoms. The molecule has 0 saturated carbocycles. The summed E-state index contributed by atoms with van der Waals surface area (Å²) in [7, 11) is 0. The summed E-state index contributed by atoms with van der Waals surface area (Å²) >= 11 is 0. The molecule has 0 aliphatic carbocycles. The monoisotopic (exact) mass is 628 g/mol. The first-order valence-corrected chi connectivity index (χ1v) is 12.1. The first-order valence-electron chi connectivity index (χ1n) is 12.1. The Morgan fingerprint density at radius 3 is 2.12 bits per heavy atom. The van der Waals surface area contributed by atoms with Gasteiger partial charge < -0.3 is 9.64 Å². The van der Waals surface area contributed by atoms with Crippen molar-refractivity contribution in [3.05, 3.63) is 89.3 Å². The quantitative estimate of drug-likeness (QED) is 0.269. The number of ether oxygens (including phenoxy) is 1. The van der Waals surface area contributed by atoms with Crippen LogP contribution in [-0.4, -0.2) is 0 Å². The van der Waals surface area contributed by atoms with Crippen molar-refractivity contribution < 1.29 is 24.8 Å². The molecule has 0 fully saturated rings. The van der Waals surface area contributed by atoms with Crippen LogP contribution in [0.3, 0.4) is 0 Å². The van der Waals surface area contributed by atoms with Gasteiger partial charge in [-0.2, -0.15) is 23.8 Å². The number of hydrogen-bond acceptors (Lipinski definition) is 2. The van der Waals surface area contributed by atoms with Gasteiger partial charge in [0, 0.05) is 26.0 Å². The molecule has 3 heteroatoms. The van der Waals surface area contributed by atoms with E-state index in [9.17, 15) is 0 Å². The van der Waals surface area contributed by atoms with Gasteiger partial charge in [0.15, 0.2) is 0 Å². The summed E-state index contributed by atoms with van der Waals surface area (Å²) in [5, 5.41) is 0. The molecule has 1 radical (unpaired) electrons. The fourth-order valence-electron chi connectivity index (χ4n) is 5.19. The van der Waals surface area contributed by atoms with Gasteiger partial charge in [0.1, 0.15) is 0 Å². The molecule has 0 amide bonds. The van der Waals surface area contributed by atoms with Crippen molar-refractivity contribution in [2.45, 2.75) is 60.3 Å². The second-order valence-electron chi connectivity index (χ2n) is 10.3. The van der Waals surface area contributed by atoms with E-state index in [1.165, 1.54) is 44.5 Å².